The quantitative estimate of drug-likeness (QED) is 0.301. The number of hydrogen-bond acceptors (Lipinski definition) is 6. The third kappa shape index (κ3) is 6.28. The summed E-state index contributed by atoms with van der Waals surface area (Å²) in [6.45, 7) is 6.01. The molecular weight excluding hydrogens is 508 g/mol. The third-order valence-corrected chi connectivity index (χ3v) is 6.50. The summed E-state index contributed by atoms with van der Waals surface area (Å²) >= 11 is 3.57. The van der Waals surface area contributed by atoms with Gasteiger partial charge in [0, 0.05) is 44.0 Å². The molecule has 9 heteroatoms. The second kappa shape index (κ2) is 12.0. The minimum absolute atomic E-state index is 0.00254. The van der Waals surface area contributed by atoms with E-state index in [0.717, 1.165) is 58.8 Å². The van der Waals surface area contributed by atoms with Gasteiger partial charge in [0.25, 0.3) is 5.91 Å². The second-order valence-electron chi connectivity index (χ2n) is 8.49. The van der Waals surface area contributed by atoms with E-state index in [-0.39, 0.29) is 18.4 Å². The van der Waals surface area contributed by atoms with Gasteiger partial charge in [-0.25, -0.2) is 4.98 Å². The lowest BCUT2D eigenvalue weighted by Gasteiger charge is -2.32. The smallest absolute Gasteiger partial charge is 0.260 e. The number of halogens is 1. The zero-order chi connectivity index (χ0) is 24.6. The molecule has 184 valence electrons. The Kier molecular flexibility index (Phi) is 8.52. The number of rotatable bonds is 9. The average Bonchev–Trinajstić information content (AvgIpc) is 3.27. The van der Waals surface area contributed by atoms with E-state index in [9.17, 15) is 4.79 Å². The highest BCUT2D eigenvalue weighted by Crippen LogP contribution is 2.30. The summed E-state index contributed by atoms with van der Waals surface area (Å²) in [5.41, 5.74) is 2.78. The minimum Gasteiger partial charge on any atom is -0.484 e. The molecule has 1 atom stereocenters. The second-order valence-corrected chi connectivity index (χ2v) is 9.35. The van der Waals surface area contributed by atoms with Gasteiger partial charge in [0.05, 0.1) is 16.4 Å². The number of pyridine rings is 1. The van der Waals surface area contributed by atoms with Gasteiger partial charge in [-0.05, 0) is 65.9 Å². The van der Waals surface area contributed by atoms with Crippen LogP contribution in [0.3, 0.4) is 0 Å². The van der Waals surface area contributed by atoms with Crippen molar-refractivity contribution >= 4 is 33.3 Å². The Labute approximate surface area is 214 Å². The van der Waals surface area contributed by atoms with Crippen LogP contribution in [0.4, 0.5) is 5.82 Å². The highest BCUT2D eigenvalue weighted by atomic mass is 79.9. The molecule has 0 saturated carbocycles. The molecule has 1 amide bonds. The molecular formula is C26H31BrN6O2. The molecule has 3 aromatic rings. The first-order valence-electron chi connectivity index (χ1n) is 12.0. The molecule has 0 aliphatic carbocycles. The molecule has 1 fully saturated rings. The molecule has 35 heavy (non-hydrogen) atoms. The van der Waals surface area contributed by atoms with Gasteiger partial charge in [0.15, 0.2) is 12.3 Å². The summed E-state index contributed by atoms with van der Waals surface area (Å²) in [4.78, 5) is 23.9. The SMILES string of the molecule is C/C=C\C(=C/CC)OCC(=O)N1CCCC(c2cc(NCc3cccnc3)n3ncc(Br)c3n2)C1. The molecule has 3 aromatic heterocycles. The fourth-order valence-electron chi connectivity index (χ4n) is 4.21. The zero-order valence-corrected chi connectivity index (χ0v) is 21.7. The van der Waals surface area contributed by atoms with E-state index in [0.29, 0.717) is 13.1 Å². The van der Waals surface area contributed by atoms with Crippen LogP contribution < -0.4 is 5.32 Å². The van der Waals surface area contributed by atoms with E-state index in [2.05, 4.69) is 31.3 Å². The number of anilines is 1. The largest absolute Gasteiger partial charge is 0.484 e. The number of hydrogen-bond donors (Lipinski definition) is 1. The van der Waals surface area contributed by atoms with E-state index in [4.69, 9.17) is 9.72 Å². The summed E-state index contributed by atoms with van der Waals surface area (Å²) in [7, 11) is 0. The molecule has 1 aliphatic rings. The van der Waals surface area contributed by atoms with Gasteiger partial charge in [-0.1, -0.05) is 19.1 Å². The number of fused-ring (bicyclic) bond motifs is 1. The van der Waals surface area contributed by atoms with Gasteiger partial charge >= 0.3 is 0 Å². The van der Waals surface area contributed by atoms with Crippen molar-refractivity contribution in [3.63, 3.8) is 0 Å². The molecule has 0 bridgehead atoms. The molecule has 1 saturated heterocycles. The fourth-order valence-corrected chi connectivity index (χ4v) is 4.56. The molecule has 0 aromatic carbocycles. The van der Waals surface area contributed by atoms with Gasteiger partial charge in [0.1, 0.15) is 11.6 Å². The first-order valence-corrected chi connectivity index (χ1v) is 12.8. The number of aromatic nitrogens is 4. The maximum atomic E-state index is 12.9. The van der Waals surface area contributed by atoms with Gasteiger partial charge in [-0.3, -0.25) is 9.78 Å². The first-order chi connectivity index (χ1) is 17.1. The van der Waals surface area contributed by atoms with E-state index in [1.54, 1.807) is 16.9 Å². The lowest BCUT2D eigenvalue weighted by Crippen LogP contribution is -2.41. The van der Waals surface area contributed by atoms with Crippen molar-refractivity contribution in [1.29, 1.82) is 0 Å². The van der Waals surface area contributed by atoms with Crippen LogP contribution in [0.25, 0.3) is 5.65 Å². The van der Waals surface area contributed by atoms with Crippen LogP contribution in [0, 0.1) is 0 Å². The summed E-state index contributed by atoms with van der Waals surface area (Å²) in [5, 5.41) is 7.94. The van der Waals surface area contributed by atoms with E-state index < -0.39 is 0 Å². The number of carbonyl (C=O) groups excluding carboxylic acids is 1. The fraction of sp³-hybridized carbons (Fsp3) is 0.385. The number of nitrogens with zero attached hydrogens (tertiary/aromatic N) is 5. The highest BCUT2D eigenvalue weighted by Gasteiger charge is 2.27. The Balaban J connectivity index is 1.49. The summed E-state index contributed by atoms with van der Waals surface area (Å²) in [6.07, 6.45) is 13.9. The average molecular weight is 539 g/mol. The van der Waals surface area contributed by atoms with Crippen molar-refractivity contribution in [2.45, 2.75) is 45.6 Å². The van der Waals surface area contributed by atoms with Crippen molar-refractivity contribution in [3.8, 4) is 0 Å². The number of allylic oxidation sites excluding steroid dienone is 3. The van der Waals surface area contributed by atoms with Crippen LogP contribution in [0.15, 0.2) is 65.2 Å². The van der Waals surface area contributed by atoms with Gasteiger partial charge in [0.2, 0.25) is 0 Å². The minimum atomic E-state index is 0.00254. The number of piperidine rings is 1. The molecule has 1 unspecified atom stereocenters. The van der Waals surface area contributed by atoms with Crippen molar-refractivity contribution in [2.24, 2.45) is 0 Å². The number of carbonyl (C=O) groups is 1. The molecule has 1 aliphatic heterocycles. The number of nitrogens with one attached hydrogen (secondary N) is 1. The number of likely N-dealkylation sites (tertiary alicyclic amines) is 1. The van der Waals surface area contributed by atoms with Crippen LogP contribution in [0.1, 0.15) is 50.3 Å². The van der Waals surface area contributed by atoms with Crippen LogP contribution in [0.5, 0.6) is 0 Å². The summed E-state index contributed by atoms with van der Waals surface area (Å²) in [5.74, 6) is 1.73. The standard InChI is InChI=1S/C26H31BrN6O2/c1-3-7-21(8-4-2)35-18-25(34)32-12-6-10-20(17-32)23-13-24(29-15-19-9-5-11-28-14-19)33-26(31-23)22(27)16-30-33/h3,5,7-9,11,13-14,16,20,29H,4,6,10,12,15,17-18H2,1-2H3/b7-3-,21-8+. The molecule has 0 spiro atoms. The van der Waals surface area contributed by atoms with E-state index in [1.165, 1.54) is 0 Å². The normalized spacial score (nSPS) is 16.7. The predicted octanol–water partition coefficient (Wildman–Crippen LogP) is 5.09. The summed E-state index contributed by atoms with van der Waals surface area (Å²) < 4.78 is 8.40. The maximum Gasteiger partial charge on any atom is 0.260 e. The van der Waals surface area contributed by atoms with E-state index in [1.807, 2.05) is 61.4 Å². The van der Waals surface area contributed by atoms with Crippen molar-refractivity contribution in [3.05, 3.63) is 76.5 Å². The van der Waals surface area contributed by atoms with Crippen molar-refractivity contribution < 1.29 is 9.53 Å². The summed E-state index contributed by atoms with van der Waals surface area (Å²) in [6, 6.07) is 6.00. The topological polar surface area (TPSA) is 84.7 Å². The Bertz CT molecular complexity index is 1210. The van der Waals surface area contributed by atoms with Crippen LogP contribution in [-0.2, 0) is 16.1 Å². The Morgan fingerprint density at radius 2 is 2.26 bits per heavy atom. The Morgan fingerprint density at radius 3 is 3.03 bits per heavy atom. The first kappa shape index (κ1) is 24.9. The lowest BCUT2D eigenvalue weighted by molar-refractivity contribution is -0.135. The van der Waals surface area contributed by atoms with Gasteiger partial charge < -0.3 is 15.0 Å². The molecule has 4 rings (SSSR count). The lowest BCUT2D eigenvalue weighted by atomic mass is 9.94. The van der Waals surface area contributed by atoms with E-state index >= 15 is 0 Å². The third-order valence-electron chi connectivity index (χ3n) is 5.94. The highest BCUT2D eigenvalue weighted by molar-refractivity contribution is 9.10. The number of ether oxygens (including phenoxy) is 1. The van der Waals surface area contributed by atoms with Gasteiger partial charge in [-0.2, -0.15) is 9.61 Å². The molecule has 0 radical (unpaired) electrons. The van der Waals surface area contributed by atoms with Gasteiger partial charge in [-0.15, -0.1) is 0 Å². The van der Waals surface area contributed by atoms with Crippen molar-refractivity contribution in [1.82, 2.24) is 24.5 Å². The van der Waals surface area contributed by atoms with Crippen LogP contribution in [0.2, 0.25) is 0 Å². The maximum absolute atomic E-state index is 12.9. The Morgan fingerprint density at radius 1 is 1.37 bits per heavy atom. The molecule has 1 N–H and O–H groups in total. The van der Waals surface area contributed by atoms with Crippen LogP contribution in [-0.4, -0.2) is 50.1 Å². The monoisotopic (exact) mass is 538 g/mol. The van der Waals surface area contributed by atoms with Crippen LogP contribution >= 0.6 is 15.9 Å². The molecule has 8 nitrogen and oxygen atoms in total. The molecule has 4 heterocycles. The Hall–Kier alpha value is -3.20. The van der Waals surface area contributed by atoms with Crippen molar-refractivity contribution in [2.75, 3.05) is 25.0 Å². The number of amides is 1. The zero-order valence-electron chi connectivity index (χ0n) is 20.2. The predicted molar refractivity (Wildman–Crippen MR) is 140 cm³/mol.